The molecule has 0 atom stereocenters. The van der Waals surface area contributed by atoms with E-state index in [0.29, 0.717) is 13.0 Å². The molecule has 1 N–H and O–H groups in total. The molecule has 0 amide bonds. The van der Waals surface area contributed by atoms with Crippen LogP contribution in [0.4, 0.5) is 11.4 Å². The van der Waals surface area contributed by atoms with Gasteiger partial charge >= 0.3 is 0 Å². The van der Waals surface area contributed by atoms with Gasteiger partial charge in [0.25, 0.3) is 0 Å². The van der Waals surface area contributed by atoms with E-state index in [9.17, 15) is 8.42 Å². The van der Waals surface area contributed by atoms with Crippen LogP contribution in [0.3, 0.4) is 0 Å². The molecule has 0 saturated carbocycles. The third-order valence-electron chi connectivity index (χ3n) is 3.79. The van der Waals surface area contributed by atoms with Crippen LogP contribution in [-0.4, -0.2) is 47.4 Å². The number of nitrogens with zero attached hydrogens (tertiary/aromatic N) is 2. The third-order valence-corrected chi connectivity index (χ3v) is 5.65. The Morgan fingerprint density at radius 3 is 2.57 bits per heavy atom. The first-order valence-electron chi connectivity index (χ1n) is 7.57. The molecule has 118 valence electrons. The lowest BCUT2D eigenvalue weighted by atomic mass is 10.2. The van der Waals surface area contributed by atoms with E-state index in [1.54, 1.807) is 4.31 Å². The number of sulfonamides is 1. The van der Waals surface area contributed by atoms with Crippen molar-refractivity contribution in [3.05, 3.63) is 24.3 Å². The number of hydrogen-bond acceptors (Lipinski definition) is 4. The molecule has 0 bridgehead atoms. The van der Waals surface area contributed by atoms with E-state index >= 15 is 0 Å². The molecule has 1 heterocycles. The van der Waals surface area contributed by atoms with Crippen LogP contribution in [0.1, 0.15) is 19.8 Å². The van der Waals surface area contributed by atoms with Crippen molar-refractivity contribution in [3.8, 4) is 0 Å². The molecule has 1 aromatic carbocycles. The standard InChI is InChI=1S/C15H25N3O2S/c1-3-16-10-6-7-13-21(19,20)18-12-11-17(2)14-8-4-5-9-15(14)18/h4-5,8-9,16H,3,6-7,10-13H2,1-2H3. The molecule has 2 rings (SSSR count). The van der Waals surface area contributed by atoms with Gasteiger partial charge in [-0.25, -0.2) is 8.42 Å². The number of anilines is 2. The number of para-hydroxylation sites is 2. The number of hydrogen-bond donors (Lipinski definition) is 1. The van der Waals surface area contributed by atoms with Crippen molar-refractivity contribution in [2.75, 3.05) is 48.2 Å². The maximum absolute atomic E-state index is 12.6. The van der Waals surface area contributed by atoms with Crippen LogP contribution in [0.5, 0.6) is 0 Å². The lowest BCUT2D eigenvalue weighted by Crippen LogP contribution is -2.43. The van der Waals surface area contributed by atoms with Gasteiger partial charge in [-0.1, -0.05) is 19.1 Å². The molecule has 0 fully saturated rings. The topological polar surface area (TPSA) is 52.7 Å². The predicted molar refractivity (Wildman–Crippen MR) is 88.6 cm³/mol. The highest BCUT2D eigenvalue weighted by atomic mass is 32.2. The van der Waals surface area contributed by atoms with Crippen molar-refractivity contribution in [1.82, 2.24) is 5.32 Å². The summed E-state index contributed by atoms with van der Waals surface area (Å²) in [5.41, 5.74) is 1.79. The van der Waals surface area contributed by atoms with Gasteiger partial charge in [-0.3, -0.25) is 4.31 Å². The quantitative estimate of drug-likeness (QED) is 0.778. The van der Waals surface area contributed by atoms with Crippen LogP contribution in [0, 0.1) is 0 Å². The Kier molecular flexibility index (Phi) is 5.47. The fraction of sp³-hybridized carbons (Fsp3) is 0.600. The van der Waals surface area contributed by atoms with Crippen molar-refractivity contribution >= 4 is 21.4 Å². The number of likely N-dealkylation sites (N-methyl/N-ethyl adjacent to an activating group) is 1. The summed E-state index contributed by atoms with van der Waals surface area (Å²) in [5.74, 6) is 0.219. The SMILES string of the molecule is CCNCCCCS(=O)(=O)N1CCN(C)c2ccccc21. The molecule has 1 aromatic rings. The number of nitrogens with one attached hydrogen (secondary N) is 1. The van der Waals surface area contributed by atoms with E-state index in [0.717, 1.165) is 37.4 Å². The second-order valence-corrected chi connectivity index (χ2v) is 7.37. The normalized spacial score (nSPS) is 15.1. The second kappa shape index (κ2) is 7.13. The molecule has 1 aliphatic rings. The number of unbranched alkanes of at least 4 members (excludes halogenated alkanes) is 1. The maximum Gasteiger partial charge on any atom is 0.235 e. The van der Waals surface area contributed by atoms with E-state index in [4.69, 9.17) is 0 Å². The van der Waals surface area contributed by atoms with Crippen molar-refractivity contribution in [2.24, 2.45) is 0 Å². The molecule has 0 aromatic heterocycles. The molecule has 0 unspecified atom stereocenters. The first-order chi connectivity index (χ1) is 10.1. The fourth-order valence-corrected chi connectivity index (χ4v) is 4.19. The average Bonchev–Trinajstić information content (AvgIpc) is 2.47. The second-order valence-electron chi connectivity index (χ2n) is 5.36. The Bertz CT molecular complexity index is 560. The van der Waals surface area contributed by atoms with E-state index in [-0.39, 0.29) is 5.75 Å². The van der Waals surface area contributed by atoms with Gasteiger partial charge in [-0.15, -0.1) is 0 Å². The van der Waals surface area contributed by atoms with Gasteiger partial charge < -0.3 is 10.2 Å². The van der Waals surface area contributed by atoms with Gasteiger partial charge in [-0.2, -0.15) is 0 Å². The molecule has 0 saturated heterocycles. The molecule has 0 spiro atoms. The molecular formula is C15H25N3O2S. The Labute approximate surface area is 128 Å². The summed E-state index contributed by atoms with van der Waals surface area (Å²) in [6, 6.07) is 7.71. The van der Waals surface area contributed by atoms with Crippen molar-refractivity contribution in [2.45, 2.75) is 19.8 Å². The fourth-order valence-electron chi connectivity index (χ4n) is 2.59. The van der Waals surface area contributed by atoms with Crippen LogP contribution in [0.15, 0.2) is 24.3 Å². The van der Waals surface area contributed by atoms with Gasteiger partial charge in [-0.05, 0) is 38.1 Å². The summed E-state index contributed by atoms with van der Waals surface area (Å²) in [5, 5.41) is 3.22. The van der Waals surface area contributed by atoms with Gasteiger partial charge in [0, 0.05) is 13.6 Å². The Morgan fingerprint density at radius 1 is 1.14 bits per heavy atom. The van der Waals surface area contributed by atoms with E-state index in [2.05, 4.69) is 17.1 Å². The molecular weight excluding hydrogens is 286 g/mol. The lowest BCUT2D eigenvalue weighted by molar-refractivity contribution is 0.582. The molecule has 1 aliphatic heterocycles. The van der Waals surface area contributed by atoms with Crippen molar-refractivity contribution < 1.29 is 8.42 Å². The molecule has 6 heteroatoms. The molecule has 21 heavy (non-hydrogen) atoms. The minimum Gasteiger partial charge on any atom is -0.371 e. The summed E-state index contributed by atoms with van der Waals surface area (Å²) in [6.45, 7) is 5.12. The summed E-state index contributed by atoms with van der Waals surface area (Å²) in [7, 11) is -1.23. The van der Waals surface area contributed by atoms with Gasteiger partial charge in [0.2, 0.25) is 10.0 Å². The maximum atomic E-state index is 12.6. The smallest absolute Gasteiger partial charge is 0.235 e. The zero-order valence-electron chi connectivity index (χ0n) is 12.9. The minimum absolute atomic E-state index is 0.219. The number of benzene rings is 1. The van der Waals surface area contributed by atoms with Gasteiger partial charge in [0.05, 0.1) is 23.7 Å². The van der Waals surface area contributed by atoms with Gasteiger partial charge in [0.15, 0.2) is 0 Å². The zero-order chi connectivity index (χ0) is 15.3. The molecule has 0 radical (unpaired) electrons. The van der Waals surface area contributed by atoms with Crippen LogP contribution in [-0.2, 0) is 10.0 Å². The number of fused-ring (bicyclic) bond motifs is 1. The average molecular weight is 311 g/mol. The van der Waals surface area contributed by atoms with E-state index < -0.39 is 10.0 Å². The number of rotatable bonds is 7. The lowest BCUT2D eigenvalue weighted by Gasteiger charge is -2.36. The summed E-state index contributed by atoms with van der Waals surface area (Å²) < 4.78 is 26.7. The molecule has 0 aliphatic carbocycles. The van der Waals surface area contributed by atoms with Crippen LogP contribution in [0.25, 0.3) is 0 Å². The van der Waals surface area contributed by atoms with Crippen LogP contribution < -0.4 is 14.5 Å². The Balaban J connectivity index is 2.05. The van der Waals surface area contributed by atoms with E-state index in [1.807, 2.05) is 31.3 Å². The first-order valence-corrected chi connectivity index (χ1v) is 9.18. The van der Waals surface area contributed by atoms with Crippen molar-refractivity contribution in [3.63, 3.8) is 0 Å². The first kappa shape index (κ1) is 16.1. The van der Waals surface area contributed by atoms with E-state index in [1.165, 1.54) is 0 Å². The zero-order valence-corrected chi connectivity index (χ0v) is 13.7. The van der Waals surface area contributed by atoms with Crippen LogP contribution >= 0.6 is 0 Å². The monoisotopic (exact) mass is 311 g/mol. The Hall–Kier alpha value is -1.27. The summed E-state index contributed by atoms with van der Waals surface area (Å²) >= 11 is 0. The highest BCUT2D eigenvalue weighted by Gasteiger charge is 2.28. The van der Waals surface area contributed by atoms with Gasteiger partial charge in [0.1, 0.15) is 0 Å². The summed E-state index contributed by atoms with van der Waals surface area (Å²) in [4.78, 5) is 2.10. The van der Waals surface area contributed by atoms with Crippen molar-refractivity contribution in [1.29, 1.82) is 0 Å². The highest BCUT2D eigenvalue weighted by molar-refractivity contribution is 7.92. The molecule has 5 nitrogen and oxygen atoms in total. The van der Waals surface area contributed by atoms with Crippen LogP contribution in [0.2, 0.25) is 0 Å². The predicted octanol–water partition coefficient (Wildman–Crippen LogP) is 1.66. The third kappa shape index (κ3) is 3.89. The Morgan fingerprint density at radius 2 is 1.86 bits per heavy atom. The summed E-state index contributed by atoms with van der Waals surface area (Å²) in [6.07, 6.45) is 1.59. The minimum atomic E-state index is -3.23. The highest BCUT2D eigenvalue weighted by Crippen LogP contribution is 2.33. The largest absolute Gasteiger partial charge is 0.371 e.